The smallest absolute Gasteiger partial charge is 0.191 e. The Hall–Kier alpha value is -1.06. The van der Waals surface area contributed by atoms with E-state index < -0.39 is 0 Å². The number of nitrogens with zero attached hydrogens (tertiary/aromatic N) is 2. The number of nitrogens with one attached hydrogen (secondary N) is 2. The lowest BCUT2D eigenvalue weighted by atomic mass is 10.0. The molecule has 3 rings (SSSR count). The molecule has 0 spiro atoms. The highest BCUT2D eigenvalue weighted by molar-refractivity contribution is 14.0. The number of hydrogen-bond donors (Lipinski definition) is 2. The molecule has 0 aliphatic carbocycles. The predicted octanol–water partition coefficient (Wildman–Crippen LogP) is 3.57. The number of guanidine groups is 1. The molecule has 2 aliphatic heterocycles. The van der Waals surface area contributed by atoms with E-state index in [1.165, 1.54) is 24.8 Å². The van der Waals surface area contributed by atoms with E-state index in [4.69, 9.17) is 14.5 Å². The van der Waals surface area contributed by atoms with Crippen LogP contribution in [-0.2, 0) is 4.74 Å². The van der Waals surface area contributed by atoms with Crippen molar-refractivity contribution in [1.29, 1.82) is 0 Å². The quantitative estimate of drug-likeness (QED) is 0.315. The number of methoxy groups -OCH3 is 1. The minimum absolute atomic E-state index is 0. The van der Waals surface area contributed by atoms with Gasteiger partial charge >= 0.3 is 0 Å². The third-order valence-corrected chi connectivity index (χ3v) is 5.62. The third-order valence-electron chi connectivity index (χ3n) is 5.62. The maximum Gasteiger partial charge on any atom is 0.191 e. The molecule has 0 bridgehead atoms. The minimum atomic E-state index is 0. The number of piperidine rings is 1. The molecule has 2 atom stereocenters. The summed E-state index contributed by atoms with van der Waals surface area (Å²) in [5.74, 6) is 1.78. The zero-order valence-electron chi connectivity index (χ0n) is 17.9. The average molecular weight is 516 g/mol. The highest BCUT2D eigenvalue weighted by atomic mass is 127. The van der Waals surface area contributed by atoms with E-state index in [1.807, 2.05) is 0 Å². The van der Waals surface area contributed by atoms with Gasteiger partial charge in [-0.25, -0.2) is 0 Å². The molecule has 0 saturated carbocycles. The summed E-state index contributed by atoms with van der Waals surface area (Å²) in [5.41, 5.74) is 1.31. The maximum absolute atomic E-state index is 5.73. The Labute approximate surface area is 192 Å². The summed E-state index contributed by atoms with van der Waals surface area (Å²) in [6.45, 7) is 7.70. The van der Waals surface area contributed by atoms with Crippen LogP contribution in [0.3, 0.4) is 0 Å². The first-order valence-corrected chi connectivity index (χ1v) is 10.8. The van der Waals surface area contributed by atoms with Crippen molar-refractivity contribution in [3.8, 4) is 5.75 Å². The van der Waals surface area contributed by atoms with Crippen molar-refractivity contribution in [3.05, 3.63) is 29.8 Å². The van der Waals surface area contributed by atoms with Crippen LogP contribution in [0.2, 0.25) is 0 Å². The second kappa shape index (κ2) is 13.3. The number of aliphatic imine (C=N–C) groups is 1. The molecule has 29 heavy (non-hydrogen) atoms. The standard InChI is InChI=1S/C22H36N4O2.HI/c1-3-23-22(24-16-20-8-7-15-28-20)25-17-21(26-13-5-4-6-14-26)18-9-11-19(27-2)12-10-18;/h9-12,20-21H,3-8,13-17H2,1-2H3,(H2,23,24,25);1H. The van der Waals surface area contributed by atoms with Gasteiger partial charge in [0, 0.05) is 19.7 Å². The Balaban J connectivity index is 0.00000300. The van der Waals surface area contributed by atoms with Crippen LogP contribution in [0.1, 0.15) is 50.6 Å². The van der Waals surface area contributed by atoms with Crippen LogP contribution >= 0.6 is 24.0 Å². The van der Waals surface area contributed by atoms with Gasteiger partial charge in [0.15, 0.2) is 5.96 Å². The molecular formula is C22H37IN4O2. The van der Waals surface area contributed by atoms with E-state index in [0.29, 0.717) is 12.1 Å². The minimum Gasteiger partial charge on any atom is -0.497 e. The fourth-order valence-electron chi connectivity index (χ4n) is 4.02. The molecular weight excluding hydrogens is 479 g/mol. The number of likely N-dealkylation sites (tertiary alicyclic amines) is 1. The lowest BCUT2D eigenvalue weighted by Gasteiger charge is -2.34. The number of benzene rings is 1. The van der Waals surface area contributed by atoms with Crippen molar-refractivity contribution < 1.29 is 9.47 Å². The predicted molar refractivity (Wildman–Crippen MR) is 130 cm³/mol. The molecule has 1 aromatic carbocycles. The summed E-state index contributed by atoms with van der Waals surface area (Å²) in [4.78, 5) is 7.52. The van der Waals surface area contributed by atoms with Gasteiger partial charge < -0.3 is 20.1 Å². The van der Waals surface area contributed by atoms with E-state index in [9.17, 15) is 0 Å². The van der Waals surface area contributed by atoms with E-state index in [0.717, 1.165) is 63.9 Å². The molecule has 6 nitrogen and oxygen atoms in total. The van der Waals surface area contributed by atoms with Crippen molar-refractivity contribution in [2.24, 2.45) is 4.99 Å². The molecule has 7 heteroatoms. The van der Waals surface area contributed by atoms with E-state index in [-0.39, 0.29) is 24.0 Å². The highest BCUT2D eigenvalue weighted by Crippen LogP contribution is 2.26. The van der Waals surface area contributed by atoms with Gasteiger partial charge in [0.2, 0.25) is 0 Å². The normalized spacial score (nSPS) is 21.3. The number of rotatable bonds is 8. The molecule has 0 aromatic heterocycles. The zero-order valence-corrected chi connectivity index (χ0v) is 20.2. The van der Waals surface area contributed by atoms with Gasteiger partial charge in [-0.2, -0.15) is 0 Å². The Bertz CT molecular complexity index is 599. The largest absolute Gasteiger partial charge is 0.497 e. The van der Waals surface area contributed by atoms with Gasteiger partial charge in [-0.05, 0) is 63.4 Å². The topological polar surface area (TPSA) is 58.1 Å². The number of halogens is 1. The van der Waals surface area contributed by atoms with Gasteiger partial charge in [-0.1, -0.05) is 18.6 Å². The first-order chi connectivity index (χ1) is 13.8. The van der Waals surface area contributed by atoms with Crippen LogP contribution in [0.25, 0.3) is 0 Å². The van der Waals surface area contributed by atoms with Crippen LogP contribution in [0.15, 0.2) is 29.3 Å². The Morgan fingerprint density at radius 1 is 1.17 bits per heavy atom. The molecule has 2 fully saturated rings. The summed E-state index contributed by atoms with van der Waals surface area (Å²) >= 11 is 0. The fraction of sp³-hybridized carbons (Fsp3) is 0.682. The van der Waals surface area contributed by atoms with Gasteiger partial charge in [-0.15, -0.1) is 24.0 Å². The summed E-state index contributed by atoms with van der Waals surface area (Å²) in [5, 5.41) is 6.85. The molecule has 0 radical (unpaired) electrons. The maximum atomic E-state index is 5.73. The molecule has 2 N–H and O–H groups in total. The van der Waals surface area contributed by atoms with Crippen LogP contribution in [0.4, 0.5) is 0 Å². The second-order valence-electron chi connectivity index (χ2n) is 7.62. The van der Waals surface area contributed by atoms with Crippen molar-refractivity contribution in [1.82, 2.24) is 15.5 Å². The number of ether oxygens (including phenoxy) is 2. The van der Waals surface area contributed by atoms with Gasteiger partial charge in [0.25, 0.3) is 0 Å². The molecule has 2 heterocycles. The summed E-state index contributed by atoms with van der Waals surface area (Å²) in [6, 6.07) is 8.76. The summed E-state index contributed by atoms with van der Waals surface area (Å²) in [6.07, 6.45) is 6.48. The van der Waals surface area contributed by atoms with E-state index in [1.54, 1.807) is 7.11 Å². The third kappa shape index (κ3) is 7.61. The summed E-state index contributed by atoms with van der Waals surface area (Å²) < 4.78 is 11.1. The fourth-order valence-corrected chi connectivity index (χ4v) is 4.02. The SMILES string of the molecule is CCNC(=NCC(c1ccc(OC)cc1)N1CCCCC1)NCC1CCCO1.I. The first-order valence-electron chi connectivity index (χ1n) is 10.8. The lowest BCUT2D eigenvalue weighted by molar-refractivity contribution is 0.113. The molecule has 2 aliphatic rings. The lowest BCUT2D eigenvalue weighted by Crippen LogP contribution is -2.42. The van der Waals surface area contributed by atoms with Crippen LogP contribution < -0.4 is 15.4 Å². The Morgan fingerprint density at radius 2 is 1.93 bits per heavy atom. The Morgan fingerprint density at radius 3 is 2.55 bits per heavy atom. The zero-order chi connectivity index (χ0) is 19.6. The Kier molecular flexibility index (Phi) is 11.1. The molecule has 1 aromatic rings. The van der Waals surface area contributed by atoms with Crippen molar-refractivity contribution in [2.75, 3.05) is 46.4 Å². The van der Waals surface area contributed by atoms with Crippen LogP contribution in [0.5, 0.6) is 5.75 Å². The molecule has 2 unspecified atom stereocenters. The van der Waals surface area contributed by atoms with Gasteiger partial charge in [0.1, 0.15) is 5.75 Å². The highest BCUT2D eigenvalue weighted by Gasteiger charge is 2.22. The van der Waals surface area contributed by atoms with Gasteiger partial charge in [-0.3, -0.25) is 9.89 Å². The molecule has 2 saturated heterocycles. The van der Waals surface area contributed by atoms with E-state index in [2.05, 4.69) is 46.7 Å². The number of hydrogen-bond acceptors (Lipinski definition) is 4. The average Bonchev–Trinajstić information content (AvgIpc) is 3.27. The van der Waals surface area contributed by atoms with Crippen LogP contribution in [-0.4, -0.2) is 63.4 Å². The van der Waals surface area contributed by atoms with Gasteiger partial charge in [0.05, 0.1) is 25.8 Å². The monoisotopic (exact) mass is 516 g/mol. The van der Waals surface area contributed by atoms with Crippen LogP contribution in [0, 0.1) is 0 Å². The van der Waals surface area contributed by atoms with Crippen molar-refractivity contribution >= 4 is 29.9 Å². The molecule has 164 valence electrons. The summed E-state index contributed by atoms with van der Waals surface area (Å²) in [7, 11) is 1.71. The first kappa shape index (κ1) is 24.2. The van der Waals surface area contributed by atoms with E-state index >= 15 is 0 Å². The second-order valence-corrected chi connectivity index (χ2v) is 7.62. The van der Waals surface area contributed by atoms with Crippen molar-refractivity contribution in [2.45, 2.75) is 51.2 Å². The molecule has 0 amide bonds. The van der Waals surface area contributed by atoms with Crippen molar-refractivity contribution in [3.63, 3.8) is 0 Å².